The summed E-state index contributed by atoms with van der Waals surface area (Å²) in [4.78, 5) is 10.7. The Labute approximate surface area is 128 Å². The van der Waals surface area contributed by atoms with Gasteiger partial charge in [0.15, 0.2) is 0 Å². The molecule has 0 atom stereocenters. The number of halogens is 1. The van der Waals surface area contributed by atoms with Crippen LogP contribution in [0.25, 0.3) is 10.9 Å². The van der Waals surface area contributed by atoms with E-state index in [4.69, 9.17) is 17.3 Å². The molecule has 0 fully saturated rings. The van der Waals surface area contributed by atoms with Gasteiger partial charge >= 0.3 is 0 Å². The smallest absolute Gasteiger partial charge is 0.222 e. The average molecular weight is 299 g/mol. The third kappa shape index (κ3) is 2.76. The molecule has 3 rings (SSSR count). The van der Waals surface area contributed by atoms with Crippen LogP contribution >= 0.6 is 11.6 Å². The molecule has 5 heteroatoms. The molecule has 0 radical (unpaired) electrons. The van der Waals surface area contributed by atoms with E-state index in [9.17, 15) is 0 Å². The number of hydrogen-bond donors (Lipinski definition) is 1. The Balaban J connectivity index is 2.02. The van der Waals surface area contributed by atoms with Gasteiger partial charge in [-0.3, -0.25) is 0 Å². The molecule has 0 aliphatic heterocycles. The van der Waals surface area contributed by atoms with Crippen LogP contribution in [-0.4, -0.2) is 17.0 Å². The molecule has 0 amide bonds. The second-order valence-electron chi connectivity index (χ2n) is 4.87. The lowest BCUT2D eigenvalue weighted by molar-refractivity contribution is 0.902. The van der Waals surface area contributed by atoms with Crippen molar-refractivity contribution in [3.8, 4) is 0 Å². The predicted octanol–water partition coefficient (Wildman–Crippen LogP) is 3.50. The minimum atomic E-state index is 0.273. The Morgan fingerprint density at radius 1 is 1.05 bits per heavy atom. The SMILES string of the molecule is CN(Cc1ccccc1Cl)c1nc(N)nc2ccccc12. The summed E-state index contributed by atoms with van der Waals surface area (Å²) in [5.74, 6) is 1.08. The summed E-state index contributed by atoms with van der Waals surface area (Å²) in [5, 5.41) is 1.72. The largest absolute Gasteiger partial charge is 0.368 e. The van der Waals surface area contributed by atoms with Crippen LogP contribution < -0.4 is 10.6 Å². The second kappa shape index (κ2) is 5.58. The van der Waals surface area contributed by atoms with Crippen molar-refractivity contribution < 1.29 is 0 Å². The lowest BCUT2D eigenvalue weighted by Gasteiger charge is -2.20. The molecule has 0 spiro atoms. The van der Waals surface area contributed by atoms with Crippen molar-refractivity contribution in [2.24, 2.45) is 0 Å². The molecule has 106 valence electrons. The van der Waals surface area contributed by atoms with Gasteiger partial charge < -0.3 is 10.6 Å². The van der Waals surface area contributed by atoms with Gasteiger partial charge in [-0.25, -0.2) is 4.98 Å². The molecule has 1 heterocycles. The predicted molar refractivity (Wildman–Crippen MR) is 87.5 cm³/mol. The van der Waals surface area contributed by atoms with E-state index in [-0.39, 0.29) is 5.95 Å². The van der Waals surface area contributed by atoms with E-state index in [1.54, 1.807) is 0 Å². The third-order valence-electron chi connectivity index (χ3n) is 3.33. The Hall–Kier alpha value is -2.33. The fourth-order valence-electron chi connectivity index (χ4n) is 2.33. The van der Waals surface area contributed by atoms with Crippen LogP contribution in [0.4, 0.5) is 11.8 Å². The highest BCUT2D eigenvalue weighted by Gasteiger charge is 2.11. The number of para-hydroxylation sites is 1. The highest BCUT2D eigenvalue weighted by molar-refractivity contribution is 6.31. The quantitative estimate of drug-likeness (QED) is 0.804. The molecule has 4 nitrogen and oxygen atoms in total. The number of benzene rings is 2. The number of nitrogens with zero attached hydrogens (tertiary/aromatic N) is 3. The number of anilines is 2. The third-order valence-corrected chi connectivity index (χ3v) is 3.70. The maximum absolute atomic E-state index is 6.22. The van der Waals surface area contributed by atoms with Gasteiger partial charge in [-0.2, -0.15) is 4.98 Å². The highest BCUT2D eigenvalue weighted by atomic mass is 35.5. The summed E-state index contributed by atoms with van der Waals surface area (Å²) in [6.45, 7) is 0.653. The molecule has 0 unspecified atom stereocenters. The summed E-state index contributed by atoms with van der Waals surface area (Å²) < 4.78 is 0. The van der Waals surface area contributed by atoms with Crippen LogP contribution in [-0.2, 0) is 6.54 Å². The Morgan fingerprint density at radius 3 is 2.57 bits per heavy atom. The normalized spacial score (nSPS) is 10.8. The average Bonchev–Trinajstić information content (AvgIpc) is 2.48. The maximum Gasteiger partial charge on any atom is 0.222 e. The molecule has 3 aromatic rings. The first-order valence-corrected chi connectivity index (χ1v) is 7.00. The summed E-state index contributed by atoms with van der Waals surface area (Å²) in [6.07, 6.45) is 0. The standard InChI is InChI=1S/C16H15ClN4/c1-21(10-11-6-2-4-8-13(11)17)15-12-7-3-5-9-14(12)19-16(18)20-15/h2-9H,10H2,1H3,(H2,18,19,20). The molecule has 0 aliphatic rings. The number of nitrogens with two attached hydrogens (primary N) is 1. The molecule has 21 heavy (non-hydrogen) atoms. The van der Waals surface area contributed by atoms with Gasteiger partial charge in [0.1, 0.15) is 5.82 Å². The Kier molecular flexibility index (Phi) is 3.62. The van der Waals surface area contributed by atoms with E-state index >= 15 is 0 Å². The van der Waals surface area contributed by atoms with Gasteiger partial charge in [0.25, 0.3) is 0 Å². The molecular weight excluding hydrogens is 284 g/mol. The fraction of sp³-hybridized carbons (Fsp3) is 0.125. The van der Waals surface area contributed by atoms with Crippen LogP contribution in [0.5, 0.6) is 0 Å². The molecule has 2 aromatic carbocycles. The Bertz CT molecular complexity index is 788. The van der Waals surface area contributed by atoms with E-state index in [1.807, 2.05) is 60.5 Å². The van der Waals surface area contributed by atoms with Crippen molar-refractivity contribution in [1.29, 1.82) is 0 Å². The number of hydrogen-bond acceptors (Lipinski definition) is 4. The van der Waals surface area contributed by atoms with Crippen LogP contribution in [0, 0.1) is 0 Å². The van der Waals surface area contributed by atoms with Crippen molar-refractivity contribution >= 4 is 34.3 Å². The van der Waals surface area contributed by atoms with E-state index in [1.165, 1.54) is 0 Å². The number of nitrogen functional groups attached to an aromatic ring is 1. The minimum Gasteiger partial charge on any atom is -0.368 e. The van der Waals surface area contributed by atoms with Gasteiger partial charge in [-0.1, -0.05) is 41.9 Å². The zero-order valence-corrected chi connectivity index (χ0v) is 12.4. The molecule has 0 bridgehead atoms. The maximum atomic E-state index is 6.22. The van der Waals surface area contributed by atoms with E-state index < -0.39 is 0 Å². The van der Waals surface area contributed by atoms with Gasteiger partial charge in [-0.15, -0.1) is 0 Å². The van der Waals surface area contributed by atoms with Crippen LogP contribution in [0.2, 0.25) is 5.02 Å². The van der Waals surface area contributed by atoms with E-state index in [0.717, 1.165) is 27.3 Å². The van der Waals surface area contributed by atoms with Gasteiger partial charge in [-0.05, 0) is 23.8 Å². The van der Waals surface area contributed by atoms with Crippen LogP contribution in [0.1, 0.15) is 5.56 Å². The summed E-state index contributed by atoms with van der Waals surface area (Å²) >= 11 is 6.22. The van der Waals surface area contributed by atoms with Crippen molar-refractivity contribution in [2.75, 3.05) is 17.7 Å². The van der Waals surface area contributed by atoms with Crippen molar-refractivity contribution in [2.45, 2.75) is 6.54 Å². The molecule has 1 aromatic heterocycles. The molecule has 2 N–H and O–H groups in total. The topological polar surface area (TPSA) is 55.0 Å². The lowest BCUT2D eigenvalue weighted by atomic mass is 10.2. The zero-order valence-electron chi connectivity index (χ0n) is 11.6. The summed E-state index contributed by atoms with van der Waals surface area (Å²) in [7, 11) is 1.97. The molecule has 0 saturated heterocycles. The van der Waals surface area contributed by atoms with Gasteiger partial charge in [0, 0.05) is 24.0 Å². The van der Waals surface area contributed by atoms with Crippen molar-refractivity contribution in [3.05, 3.63) is 59.1 Å². The first kappa shape index (κ1) is 13.6. The Morgan fingerprint density at radius 2 is 1.76 bits per heavy atom. The zero-order chi connectivity index (χ0) is 14.8. The van der Waals surface area contributed by atoms with Gasteiger partial charge in [0.05, 0.1) is 5.52 Å². The molecular formula is C16H15ClN4. The fourth-order valence-corrected chi connectivity index (χ4v) is 2.52. The first-order chi connectivity index (χ1) is 10.1. The van der Waals surface area contributed by atoms with Crippen LogP contribution in [0.3, 0.4) is 0 Å². The summed E-state index contributed by atoms with van der Waals surface area (Å²) in [6, 6.07) is 15.6. The van der Waals surface area contributed by atoms with Crippen LogP contribution in [0.15, 0.2) is 48.5 Å². The highest BCUT2D eigenvalue weighted by Crippen LogP contribution is 2.26. The van der Waals surface area contributed by atoms with E-state index in [2.05, 4.69) is 9.97 Å². The van der Waals surface area contributed by atoms with Gasteiger partial charge in [0.2, 0.25) is 5.95 Å². The number of fused-ring (bicyclic) bond motifs is 1. The first-order valence-electron chi connectivity index (χ1n) is 6.62. The molecule has 0 saturated carbocycles. The minimum absolute atomic E-state index is 0.273. The second-order valence-corrected chi connectivity index (χ2v) is 5.28. The molecule has 0 aliphatic carbocycles. The van der Waals surface area contributed by atoms with Crippen molar-refractivity contribution in [1.82, 2.24) is 9.97 Å². The monoisotopic (exact) mass is 298 g/mol. The lowest BCUT2D eigenvalue weighted by Crippen LogP contribution is -2.19. The summed E-state index contributed by atoms with van der Waals surface area (Å²) in [5.41, 5.74) is 7.69. The number of aromatic nitrogens is 2. The van der Waals surface area contributed by atoms with E-state index in [0.29, 0.717) is 6.54 Å². The van der Waals surface area contributed by atoms with Crippen molar-refractivity contribution in [3.63, 3.8) is 0 Å². The number of rotatable bonds is 3.